The van der Waals surface area contributed by atoms with Crippen molar-refractivity contribution < 1.29 is 4.79 Å². The molecule has 0 aromatic carbocycles. The predicted molar refractivity (Wildman–Crippen MR) is 56.4 cm³/mol. The van der Waals surface area contributed by atoms with Gasteiger partial charge in [0.2, 0.25) is 0 Å². The summed E-state index contributed by atoms with van der Waals surface area (Å²) < 4.78 is 1.78. The lowest BCUT2D eigenvalue weighted by Crippen LogP contribution is -2.06. The third-order valence-electron chi connectivity index (χ3n) is 2.11. The van der Waals surface area contributed by atoms with E-state index in [9.17, 15) is 4.79 Å². The summed E-state index contributed by atoms with van der Waals surface area (Å²) in [5.41, 5.74) is 1.75. The van der Waals surface area contributed by atoms with Crippen LogP contribution < -0.4 is 0 Å². The van der Waals surface area contributed by atoms with Crippen molar-refractivity contribution in [1.29, 1.82) is 0 Å². The van der Waals surface area contributed by atoms with Gasteiger partial charge in [-0.2, -0.15) is 5.10 Å². The van der Waals surface area contributed by atoms with E-state index in [-0.39, 0.29) is 5.78 Å². The smallest absolute Gasteiger partial charge is 0.177 e. The lowest BCUT2D eigenvalue weighted by Gasteiger charge is -2.00. The number of nitrogens with zero attached hydrogens (tertiary/aromatic N) is 2. The first-order chi connectivity index (χ1) is 6.54. The van der Waals surface area contributed by atoms with Gasteiger partial charge in [0, 0.05) is 13.5 Å². The molecule has 0 aliphatic heterocycles. The Morgan fingerprint density at radius 3 is 2.57 bits per heavy atom. The van der Waals surface area contributed by atoms with Gasteiger partial charge in [-0.05, 0) is 25.3 Å². The van der Waals surface area contributed by atoms with Crippen LogP contribution in [-0.2, 0) is 13.0 Å². The molecule has 78 valence electrons. The van der Waals surface area contributed by atoms with E-state index in [2.05, 4.69) is 18.9 Å². The van der Waals surface area contributed by atoms with Gasteiger partial charge in [-0.3, -0.25) is 9.48 Å². The summed E-state index contributed by atoms with van der Waals surface area (Å²) in [6.07, 6.45) is 0.938. The number of ketones is 1. The molecule has 3 heteroatoms. The van der Waals surface area contributed by atoms with E-state index in [0.717, 1.165) is 24.4 Å². The van der Waals surface area contributed by atoms with Crippen LogP contribution in [0.4, 0.5) is 0 Å². The van der Waals surface area contributed by atoms with Crippen molar-refractivity contribution in [2.45, 2.75) is 40.7 Å². The Labute approximate surface area is 85.1 Å². The maximum atomic E-state index is 11.3. The number of carbonyl (C=O) groups is 1. The molecular weight excluding hydrogens is 176 g/mol. The van der Waals surface area contributed by atoms with Crippen LogP contribution in [-0.4, -0.2) is 15.6 Å². The molecule has 0 bridgehead atoms. The zero-order valence-electron chi connectivity index (χ0n) is 9.37. The fraction of sp³-hybridized carbons (Fsp3) is 0.636. The zero-order valence-corrected chi connectivity index (χ0v) is 9.37. The van der Waals surface area contributed by atoms with Crippen molar-refractivity contribution in [1.82, 2.24) is 9.78 Å². The highest BCUT2D eigenvalue weighted by atomic mass is 16.1. The molecule has 0 fully saturated rings. The largest absolute Gasteiger partial charge is 0.293 e. The van der Waals surface area contributed by atoms with E-state index in [1.807, 2.05) is 13.0 Å². The van der Waals surface area contributed by atoms with Crippen LogP contribution >= 0.6 is 0 Å². The van der Waals surface area contributed by atoms with Gasteiger partial charge < -0.3 is 0 Å². The normalized spacial score (nSPS) is 10.9. The molecule has 14 heavy (non-hydrogen) atoms. The van der Waals surface area contributed by atoms with Crippen LogP contribution in [0.1, 0.15) is 43.9 Å². The Hall–Kier alpha value is -1.12. The predicted octanol–water partition coefficient (Wildman–Crippen LogP) is 2.30. The fourth-order valence-electron chi connectivity index (χ4n) is 1.51. The molecule has 0 aliphatic carbocycles. The Kier molecular flexibility index (Phi) is 3.44. The highest BCUT2D eigenvalue weighted by Crippen LogP contribution is 2.10. The van der Waals surface area contributed by atoms with E-state index >= 15 is 0 Å². The van der Waals surface area contributed by atoms with Crippen molar-refractivity contribution in [2.75, 3.05) is 0 Å². The second-order valence-corrected chi connectivity index (χ2v) is 3.99. The molecule has 1 rings (SSSR count). The van der Waals surface area contributed by atoms with Gasteiger partial charge in [0.15, 0.2) is 5.78 Å². The van der Waals surface area contributed by atoms with Crippen LogP contribution in [0.3, 0.4) is 0 Å². The van der Waals surface area contributed by atoms with Gasteiger partial charge in [0.05, 0.1) is 5.69 Å². The molecule has 0 amide bonds. The molecule has 1 heterocycles. The van der Waals surface area contributed by atoms with E-state index in [1.165, 1.54) is 0 Å². The van der Waals surface area contributed by atoms with Crippen LogP contribution in [0.5, 0.6) is 0 Å². The molecule has 0 spiro atoms. The van der Waals surface area contributed by atoms with Crippen molar-refractivity contribution in [3.05, 3.63) is 17.5 Å². The van der Waals surface area contributed by atoms with Crippen molar-refractivity contribution in [3.63, 3.8) is 0 Å². The minimum atomic E-state index is 0.0920. The summed E-state index contributed by atoms with van der Waals surface area (Å²) in [4.78, 5) is 11.3. The molecule has 0 atom stereocenters. The molecule has 0 aliphatic rings. The lowest BCUT2D eigenvalue weighted by atomic mass is 10.1. The molecule has 0 N–H and O–H groups in total. The van der Waals surface area contributed by atoms with Crippen LogP contribution in [0.25, 0.3) is 0 Å². The number of Topliss-reactive ketones (excluding diaryl/α,β-unsaturated/α-hetero) is 1. The maximum absolute atomic E-state index is 11.3. The van der Waals surface area contributed by atoms with Crippen molar-refractivity contribution >= 4 is 5.78 Å². The number of hydrogen-bond donors (Lipinski definition) is 0. The summed E-state index contributed by atoms with van der Waals surface area (Å²) in [7, 11) is 0. The molecule has 1 aromatic rings. The monoisotopic (exact) mass is 194 g/mol. The van der Waals surface area contributed by atoms with Crippen LogP contribution in [0.15, 0.2) is 6.07 Å². The first kappa shape index (κ1) is 11.0. The number of rotatable bonds is 4. The van der Waals surface area contributed by atoms with Gasteiger partial charge in [-0.25, -0.2) is 0 Å². The number of aromatic nitrogens is 2. The molecule has 3 nitrogen and oxygen atoms in total. The van der Waals surface area contributed by atoms with Crippen LogP contribution in [0, 0.1) is 5.92 Å². The summed E-state index contributed by atoms with van der Waals surface area (Å²) in [6, 6.07) is 1.91. The topological polar surface area (TPSA) is 34.9 Å². The summed E-state index contributed by atoms with van der Waals surface area (Å²) in [5, 5.41) is 4.39. The lowest BCUT2D eigenvalue weighted by molar-refractivity contribution is 0.100. The number of hydrogen-bond acceptors (Lipinski definition) is 2. The average molecular weight is 194 g/mol. The second-order valence-electron chi connectivity index (χ2n) is 3.99. The van der Waals surface area contributed by atoms with Gasteiger partial charge in [0.25, 0.3) is 0 Å². The van der Waals surface area contributed by atoms with Crippen molar-refractivity contribution in [3.8, 4) is 0 Å². The Bertz CT molecular complexity index is 326. The Morgan fingerprint density at radius 2 is 2.21 bits per heavy atom. The van der Waals surface area contributed by atoms with Gasteiger partial charge >= 0.3 is 0 Å². The fourth-order valence-corrected chi connectivity index (χ4v) is 1.51. The summed E-state index contributed by atoms with van der Waals surface area (Å²) in [6.45, 7) is 8.64. The average Bonchev–Trinajstić information content (AvgIpc) is 2.46. The first-order valence-corrected chi connectivity index (χ1v) is 5.12. The Balaban J connectivity index is 2.94. The third kappa shape index (κ3) is 2.44. The molecular formula is C11H18N2O. The highest BCUT2D eigenvalue weighted by Gasteiger charge is 2.11. The minimum Gasteiger partial charge on any atom is -0.293 e. The number of aryl methyl sites for hydroxylation is 1. The van der Waals surface area contributed by atoms with E-state index in [4.69, 9.17) is 0 Å². The van der Waals surface area contributed by atoms with Crippen LogP contribution in [0.2, 0.25) is 0 Å². The van der Waals surface area contributed by atoms with E-state index in [0.29, 0.717) is 5.92 Å². The number of carbonyl (C=O) groups excluding carboxylic acids is 1. The highest BCUT2D eigenvalue weighted by molar-refractivity contribution is 5.92. The summed E-state index contributed by atoms with van der Waals surface area (Å²) >= 11 is 0. The second kappa shape index (κ2) is 4.40. The molecule has 0 unspecified atom stereocenters. The molecule has 0 saturated heterocycles. The van der Waals surface area contributed by atoms with Gasteiger partial charge in [-0.15, -0.1) is 0 Å². The minimum absolute atomic E-state index is 0.0920. The van der Waals surface area contributed by atoms with Crippen molar-refractivity contribution in [2.24, 2.45) is 5.92 Å². The Morgan fingerprint density at radius 1 is 1.57 bits per heavy atom. The van der Waals surface area contributed by atoms with Gasteiger partial charge in [0.1, 0.15) is 5.69 Å². The SMILES string of the molecule is CCn1nc(CC(C)C)cc1C(C)=O. The molecule has 0 saturated carbocycles. The molecule has 1 aromatic heterocycles. The first-order valence-electron chi connectivity index (χ1n) is 5.12. The summed E-state index contributed by atoms with van der Waals surface area (Å²) in [5.74, 6) is 0.671. The van der Waals surface area contributed by atoms with Gasteiger partial charge in [-0.1, -0.05) is 13.8 Å². The zero-order chi connectivity index (χ0) is 10.7. The quantitative estimate of drug-likeness (QED) is 0.689. The van der Waals surface area contributed by atoms with E-state index in [1.54, 1.807) is 11.6 Å². The molecule has 0 radical (unpaired) electrons. The standard InChI is InChI=1S/C11H18N2O/c1-5-13-11(9(4)14)7-10(12-13)6-8(2)3/h7-8H,5-6H2,1-4H3. The third-order valence-corrected chi connectivity index (χ3v) is 2.11. The maximum Gasteiger partial charge on any atom is 0.177 e. The van der Waals surface area contributed by atoms with E-state index < -0.39 is 0 Å².